The first-order chi connectivity index (χ1) is 8.95. The Labute approximate surface area is 118 Å². The van der Waals surface area contributed by atoms with E-state index in [4.69, 9.17) is 10.4 Å². The maximum absolute atomic E-state index is 11.2. The molecule has 1 heterocycles. The lowest BCUT2D eigenvalue weighted by Gasteiger charge is -2.07. The number of hydrogen-bond donors (Lipinski definition) is 1. The molecule has 0 saturated heterocycles. The van der Waals surface area contributed by atoms with Crippen LogP contribution in [0.4, 0.5) is 0 Å². The standard InChI is InChI=1S/C13H10BrN3O2/c1-7-12(13(18)19)8(2)17(16-7)11-4-3-9(6-15)5-10(11)14/h3-5H,1-2H3,(H,18,19). The van der Waals surface area contributed by atoms with Gasteiger partial charge in [-0.2, -0.15) is 10.4 Å². The zero-order valence-corrected chi connectivity index (χ0v) is 11.9. The molecule has 6 heteroatoms. The monoisotopic (exact) mass is 319 g/mol. The van der Waals surface area contributed by atoms with Gasteiger partial charge in [-0.1, -0.05) is 0 Å². The van der Waals surface area contributed by atoms with Crippen LogP contribution in [0.15, 0.2) is 22.7 Å². The van der Waals surface area contributed by atoms with Crippen LogP contribution in [-0.2, 0) is 0 Å². The highest BCUT2D eigenvalue weighted by Crippen LogP contribution is 2.25. The average molecular weight is 320 g/mol. The summed E-state index contributed by atoms with van der Waals surface area (Å²) >= 11 is 3.37. The molecule has 5 nitrogen and oxygen atoms in total. The van der Waals surface area contributed by atoms with E-state index in [1.54, 1.807) is 36.7 Å². The molecule has 1 aromatic heterocycles. The number of carboxylic acid groups (broad SMARTS) is 1. The molecule has 0 fully saturated rings. The Morgan fingerprint density at radius 3 is 2.63 bits per heavy atom. The highest BCUT2D eigenvalue weighted by atomic mass is 79.9. The Balaban J connectivity index is 2.64. The Morgan fingerprint density at radius 1 is 1.47 bits per heavy atom. The zero-order chi connectivity index (χ0) is 14.2. The van der Waals surface area contributed by atoms with Crippen LogP contribution in [0.1, 0.15) is 27.3 Å². The number of carbonyl (C=O) groups is 1. The molecule has 0 bridgehead atoms. The topological polar surface area (TPSA) is 78.9 Å². The van der Waals surface area contributed by atoms with Crippen LogP contribution in [0.3, 0.4) is 0 Å². The van der Waals surface area contributed by atoms with Crippen LogP contribution >= 0.6 is 15.9 Å². The van der Waals surface area contributed by atoms with Gasteiger partial charge in [0.1, 0.15) is 5.56 Å². The van der Waals surface area contributed by atoms with Gasteiger partial charge in [0.15, 0.2) is 0 Å². The Kier molecular flexibility index (Phi) is 3.40. The van der Waals surface area contributed by atoms with Crippen LogP contribution in [0.5, 0.6) is 0 Å². The van der Waals surface area contributed by atoms with Crippen molar-refractivity contribution >= 4 is 21.9 Å². The van der Waals surface area contributed by atoms with Crippen LogP contribution in [0, 0.1) is 25.2 Å². The summed E-state index contributed by atoms with van der Waals surface area (Å²) in [5.41, 5.74) is 2.44. The van der Waals surface area contributed by atoms with Crippen molar-refractivity contribution in [3.05, 3.63) is 45.2 Å². The lowest BCUT2D eigenvalue weighted by molar-refractivity contribution is 0.0695. The zero-order valence-electron chi connectivity index (χ0n) is 10.3. The van der Waals surface area contributed by atoms with Crippen molar-refractivity contribution in [2.24, 2.45) is 0 Å². The molecule has 0 atom stereocenters. The fourth-order valence-electron chi connectivity index (χ4n) is 1.93. The van der Waals surface area contributed by atoms with Crippen LogP contribution in [-0.4, -0.2) is 20.9 Å². The van der Waals surface area contributed by atoms with Gasteiger partial charge in [0.25, 0.3) is 0 Å². The van der Waals surface area contributed by atoms with Crippen LogP contribution < -0.4 is 0 Å². The Morgan fingerprint density at radius 2 is 2.16 bits per heavy atom. The Bertz CT molecular complexity index is 713. The van der Waals surface area contributed by atoms with E-state index in [9.17, 15) is 4.79 Å². The summed E-state index contributed by atoms with van der Waals surface area (Å²) in [6, 6.07) is 7.11. The van der Waals surface area contributed by atoms with Crippen molar-refractivity contribution in [2.75, 3.05) is 0 Å². The molecule has 19 heavy (non-hydrogen) atoms. The summed E-state index contributed by atoms with van der Waals surface area (Å²) in [5.74, 6) is -0.994. The number of aromatic carboxylic acids is 1. The first-order valence-corrected chi connectivity index (χ1v) is 6.24. The highest BCUT2D eigenvalue weighted by molar-refractivity contribution is 9.10. The summed E-state index contributed by atoms with van der Waals surface area (Å²) in [6.45, 7) is 3.36. The van der Waals surface area contributed by atoms with Crippen LogP contribution in [0.25, 0.3) is 5.69 Å². The quantitative estimate of drug-likeness (QED) is 0.923. The van der Waals surface area contributed by atoms with E-state index in [0.717, 1.165) is 0 Å². The van der Waals surface area contributed by atoms with Gasteiger partial charge >= 0.3 is 5.97 Å². The SMILES string of the molecule is Cc1nn(-c2ccc(C#N)cc2Br)c(C)c1C(=O)O. The fraction of sp³-hybridized carbons (Fsp3) is 0.154. The van der Waals surface area contributed by atoms with Gasteiger partial charge in [0.2, 0.25) is 0 Å². The summed E-state index contributed by atoms with van der Waals surface area (Å²) in [7, 11) is 0. The third kappa shape index (κ3) is 2.25. The molecule has 0 unspecified atom stereocenters. The molecule has 2 rings (SSSR count). The molecular weight excluding hydrogens is 310 g/mol. The largest absolute Gasteiger partial charge is 0.478 e. The number of nitriles is 1. The van der Waals surface area contributed by atoms with Crippen molar-refractivity contribution in [2.45, 2.75) is 13.8 Å². The predicted molar refractivity (Wildman–Crippen MR) is 72.4 cm³/mol. The summed E-state index contributed by atoms with van der Waals surface area (Å²) < 4.78 is 2.25. The number of halogens is 1. The molecule has 0 aliphatic heterocycles. The summed E-state index contributed by atoms with van der Waals surface area (Å²) in [5, 5.41) is 22.2. The van der Waals surface area contributed by atoms with Crippen molar-refractivity contribution < 1.29 is 9.90 Å². The van der Waals surface area contributed by atoms with Gasteiger partial charge in [0, 0.05) is 4.47 Å². The first-order valence-electron chi connectivity index (χ1n) is 5.45. The Hall–Kier alpha value is -2.13. The van der Waals surface area contributed by atoms with E-state index in [0.29, 0.717) is 27.1 Å². The van der Waals surface area contributed by atoms with E-state index >= 15 is 0 Å². The predicted octanol–water partition coefficient (Wildman–Crippen LogP) is 2.82. The smallest absolute Gasteiger partial charge is 0.339 e. The lowest BCUT2D eigenvalue weighted by atomic mass is 10.2. The molecular formula is C13H10BrN3O2. The lowest BCUT2D eigenvalue weighted by Crippen LogP contribution is -2.03. The van der Waals surface area contributed by atoms with E-state index in [2.05, 4.69) is 21.0 Å². The number of rotatable bonds is 2. The summed E-state index contributed by atoms with van der Waals surface area (Å²) in [6.07, 6.45) is 0. The second kappa shape index (κ2) is 4.86. The maximum Gasteiger partial charge on any atom is 0.339 e. The second-order valence-electron chi connectivity index (χ2n) is 4.04. The normalized spacial score (nSPS) is 10.2. The van der Waals surface area contributed by atoms with Gasteiger partial charge in [-0.25, -0.2) is 9.48 Å². The number of nitrogens with zero attached hydrogens (tertiary/aromatic N) is 3. The molecule has 0 saturated carbocycles. The van der Waals surface area contributed by atoms with Crippen molar-refractivity contribution in [1.82, 2.24) is 9.78 Å². The van der Waals surface area contributed by atoms with Crippen LogP contribution in [0.2, 0.25) is 0 Å². The van der Waals surface area contributed by atoms with Gasteiger partial charge in [-0.3, -0.25) is 0 Å². The number of carboxylic acids is 1. The minimum absolute atomic E-state index is 0.205. The van der Waals surface area contributed by atoms with E-state index in [1.165, 1.54) is 0 Å². The third-order valence-corrected chi connectivity index (χ3v) is 3.45. The van der Waals surface area contributed by atoms with Gasteiger partial charge < -0.3 is 5.11 Å². The maximum atomic E-state index is 11.2. The van der Waals surface area contributed by atoms with Gasteiger partial charge in [-0.15, -0.1) is 0 Å². The highest BCUT2D eigenvalue weighted by Gasteiger charge is 2.19. The molecule has 0 spiro atoms. The number of hydrogen-bond acceptors (Lipinski definition) is 3. The molecule has 1 N–H and O–H groups in total. The van der Waals surface area contributed by atoms with E-state index < -0.39 is 5.97 Å². The molecule has 1 aromatic carbocycles. The second-order valence-corrected chi connectivity index (χ2v) is 4.90. The number of benzene rings is 1. The average Bonchev–Trinajstić information content (AvgIpc) is 2.64. The summed E-state index contributed by atoms with van der Waals surface area (Å²) in [4.78, 5) is 11.2. The minimum atomic E-state index is -0.994. The van der Waals surface area contributed by atoms with Gasteiger partial charge in [0.05, 0.1) is 28.7 Å². The molecule has 0 amide bonds. The van der Waals surface area contributed by atoms with E-state index in [-0.39, 0.29) is 5.56 Å². The van der Waals surface area contributed by atoms with Crippen molar-refractivity contribution in [1.29, 1.82) is 5.26 Å². The number of aromatic nitrogens is 2. The molecule has 0 aliphatic carbocycles. The molecule has 0 aliphatic rings. The first kappa shape index (κ1) is 13.3. The molecule has 2 aromatic rings. The van der Waals surface area contributed by atoms with Crippen molar-refractivity contribution in [3.8, 4) is 11.8 Å². The van der Waals surface area contributed by atoms with Crippen molar-refractivity contribution in [3.63, 3.8) is 0 Å². The fourth-order valence-corrected chi connectivity index (χ4v) is 2.48. The minimum Gasteiger partial charge on any atom is -0.478 e. The number of aryl methyl sites for hydroxylation is 1. The molecule has 0 radical (unpaired) electrons. The third-order valence-electron chi connectivity index (χ3n) is 2.81. The van der Waals surface area contributed by atoms with Gasteiger partial charge in [-0.05, 0) is 48.0 Å². The molecule has 96 valence electrons. The van der Waals surface area contributed by atoms with E-state index in [1.807, 2.05) is 6.07 Å².